The number of imide groups is 2. The lowest BCUT2D eigenvalue weighted by atomic mass is 9.51. The quantitative estimate of drug-likeness (QED) is 0.422. The first-order valence-electron chi connectivity index (χ1n) is 13.6. The van der Waals surface area contributed by atoms with E-state index in [1.54, 1.807) is 48.5 Å². The summed E-state index contributed by atoms with van der Waals surface area (Å²) in [5, 5.41) is 19.0. The largest absolute Gasteiger partial charge is 0.508 e. The second-order valence-electron chi connectivity index (χ2n) is 11.4. The van der Waals surface area contributed by atoms with Crippen LogP contribution in [0.25, 0.3) is 0 Å². The molecule has 0 spiro atoms. The van der Waals surface area contributed by atoms with Crippen LogP contribution in [0.15, 0.2) is 66.2 Å². The standard InChI is InChI=1S/C31H30N2O7/c1-31-23(28(38)33(30(31)40)18-6-3-2-4-7-18)16-22-20(26(31)17-9-11-19(34)12-10-17)13-14-21-25(22)29(39)32(27(21)37)15-5-8-24(35)36/h2-4,6-7,9-13,21-23,25-26,34H,5,8,14-16H2,1H3,(H,35,36)/t21-,22+,23-,25-,26-,31+/m0/s1. The van der Waals surface area contributed by atoms with Crippen molar-refractivity contribution in [2.75, 3.05) is 11.4 Å². The number of carbonyl (C=O) groups is 5. The van der Waals surface area contributed by atoms with E-state index in [4.69, 9.17) is 5.11 Å². The zero-order valence-electron chi connectivity index (χ0n) is 22.0. The predicted octanol–water partition coefficient (Wildman–Crippen LogP) is 3.49. The van der Waals surface area contributed by atoms with Crippen LogP contribution in [-0.2, 0) is 24.0 Å². The smallest absolute Gasteiger partial charge is 0.303 e. The fourth-order valence-electron chi connectivity index (χ4n) is 7.56. The molecular formula is C31H30N2O7. The molecule has 9 heteroatoms. The van der Waals surface area contributed by atoms with Gasteiger partial charge in [-0.3, -0.25) is 28.9 Å². The molecule has 2 saturated heterocycles. The van der Waals surface area contributed by atoms with Gasteiger partial charge in [0, 0.05) is 18.9 Å². The maximum atomic E-state index is 14.2. The van der Waals surface area contributed by atoms with Gasteiger partial charge < -0.3 is 10.2 Å². The van der Waals surface area contributed by atoms with Crippen molar-refractivity contribution >= 4 is 35.3 Å². The highest BCUT2D eigenvalue weighted by Gasteiger charge is 2.67. The molecule has 0 radical (unpaired) electrons. The molecule has 40 heavy (non-hydrogen) atoms. The molecule has 2 aliphatic carbocycles. The number of benzene rings is 2. The first-order valence-corrected chi connectivity index (χ1v) is 13.6. The van der Waals surface area contributed by atoms with Gasteiger partial charge in [-0.15, -0.1) is 0 Å². The van der Waals surface area contributed by atoms with Gasteiger partial charge in [0.25, 0.3) is 0 Å². The third-order valence-electron chi connectivity index (χ3n) is 9.38. The van der Waals surface area contributed by atoms with Gasteiger partial charge in [-0.1, -0.05) is 42.0 Å². The summed E-state index contributed by atoms with van der Waals surface area (Å²) < 4.78 is 0. The molecule has 2 aromatic carbocycles. The first-order chi connectivity index (χ1) is 19.1. The van der Waals surface area contributed by atoms with Gasteiger partial charge in [0.1, 0.15) is 5.75 Å². The monoisotopic (exact) mass is 542 g/mol. The van der Waals surface area contributed by atoms with Gasteiger partial charge in [0.15, 0.2) is 0 Å². The minimum Gasteiger partial charge on any atom is -0.508 e. The Hall–Kier alpha value is -4.27. The number of para-hydroxylation sites is 1. The molecule has 9 nitrogen and oxygen atoms in total. The van der Waals surface area contributed by atoms with Crippen LogP contribution in [0.5, 0.6) is 5.75 Å². The Morgan fingerprint density at radius 3 is 2.33 bits per heavy atom. The molecule has 6 rings (SSSR count). The van der Waals surface area contributed by atoms with E-state index in [1.807, 2.05) is 19.1 Å². The number of carboxylic acids is 1. The Morgan fingerprint density at radius 2 is 1.65 bits per heavy atom. The molecule has 0 unspecified atom stereocenters. The second-order valence-corrected chi connectivity index (χ2v) is 11.4. The number of phenolic OH excluding ortho intramolecular Hbond substituents is 1. The van der Waals surface area contributed by atoms with Crippen molar-refractivity contribution in [3.8, 4) is 5.75 Å². The van der Waals surface area contributed by atoms with Gasteiger partial charge in [0.05, 0.1) is 28.9 Å². The molecule has 4 amide bonds. The normalized spacial score (nSPS) is 31.1. The molecule has 2 aliphatic heterocycles. The van der Waals surface area contributed by atoms with E-state index in [0.717, 1.165) is 11.1 Å². The number of rotatable bonds is 6. The summed E-state index contributed by atoms with van der Waals surface area (Å²) in [6, 6.07) is 15.4. The third kappa shape index (κ3) is 3.71. The fraction of sp³-hybridized carbons (Fsp3) is 0.387. The summed E-state index contributed by atoms with van der Waals surface area (Å²) in [6.07, 6.45) is 2.59. The van der Waals surface area contributed by atoms with Gasteiger partial charge in [-0.2, -0.15) is 0 Å². The van der Waals surface area contributed by atoms with Crippen molar-refractivity contribution in [2.45, 2.75) is 38.5 Å². The Morgan fingerprint density at radius 1 is 0.950 bits per heavy atom. The number of phenols is 1. The molecule has 4 aliphatic rings. The van der Waals surface area contributed by atoms with Crippen molar-refractivity contribution in [2.24, 2.45) is 29.1 Å². The van der Waals surface area contributed by atoms with Crippen LogP contribution in [0.1, 0.15) is 44.1 Å². The number of amides is 4. The zero-order valence-corrected chi connectivity index (χ0v) is 22.0. The molecule has 2 heterocycles. The lowest BCUT2D eigenvalue weighted by Gasteiger charge is -2.49. The number of carboxylic acid groups (broad SMARTS) is 1. The van der Waals surface area contributed by atoms with E-state index in [1.165, 1.54) is 9.80 Å². The van der Waals surface area contributed by atoms with Crippen molar-refractivity contribution < 1.29 is 34.2 Å². The maximum Gasteiger partial charge on any atom is 0.303 e. The topological polar surface area (TPSA) is 132 Å². The number of aromatic hydroxyl groups is 1. The zero-order chi connectivity index (χ0) is 28.3. The first kappa shape index (κ1) is 26.0. The van der Waals surface area contributed by atoms with E-state index >= 15 is 0 Å². The van der Waals surface area contributed by atoms with E-state index in [0.29, 0.717) is 12.1 Å². The number of anilines is 1. The van der Waals surface area contributed by atoms with E-state index in [9.17, 15) is 29.1 Å². The van der Waals surface area contributed by atoms with Crippen LogP contribution in [0, 0.1) is 29.1 Å². The molecule has 0 aromatic heterocycles. The number of hydrogen-bond acceptors (Lipinski definition) is 6. The highest BCUT2D eigenvalue weighted by atomic mass is 16.4. The van der Waals surface area contributed by atoms with Gasteiger partial charge >= 0.3 is 5.97 Å². The van der Waals surface area contributed by atoms with Crippen molar-refractivity contribution in [3.63, 3.8) is 0 Å². The highest BCUT2D eigenvalue weighted by molar-refractivity contribution is 6.24. The summed E-state index contributed by atoms with van der Waals surface area (Å²) >= 11 is 0. The lowest BCUT2D eigenvalue weighted by molar-refractivity contribution is -0.142. The average molecular weight is 543 g/mol. The number of carbonyl (C=O) groups excluding carboxylic acids is 4. The van der Waals surface area contributed by atoms with Crippen molar-refractivity contribution in [1.82, 2.24) is 4.90 Å². The molecular weight excluding hydrogens is 512 g/mol. The Bertz CT molecular complexity index is 1450. The van der Waals surface area contributed by atoms with Crippen LogP contribution >= 0.6 is 0 Å². The van der Waals surface area contributed by atoms with Crippen LogP contribution in [0.2, 0.25) is 0 Å². The number of hydrogen-bond donors (Lipinski definition) is 2. The van der Waals surface area contributed by atoms with Crippen molar-refractivity contribution in [3.05, 3.63) is 71.8 Å². The minimum atomic E-state index is -1.13. The van der Waals surface area contributed by atoms with Gasteiger partial charge in [-0.25, -0.2) is 4.90 Å². The summed E-state index contributed by atoms with van der Waals surface area (Å²) in [4.78, 5) is 68.7. The average Bonchev–Trinajstić information content (AvgIpc) is 3.29. The van der Waals surface area contributed by atoms with E-state index in [2.05, 4.69) is 0 Å². The third-order valence-corrected chi connectivity index (χ3v) is 9.38. The SMILES string of the molecule is C[C@@]12C(=O)N(c3ccccc3)C(=O)[C@@H]1C[C@@H]1C(=CC[C@@H]3C(=O)N(CCCC(=O)O)C(=O)[C@@H]31)[C@@H]2c1ccc(O)cc1. The molecule has 0 bridgehead atoms. The minimum absolute atomic E-state index is 0.0424. The van der Waals surface area contributed by atoms with Crippen LogP contribution in [-0.4, -0.2) is 51.3 Å². The number of likely N-dealkylation sites (tertiary alicyclic amines) is 1. The second kappa shape index (κ2) is 9.43. The molecule has 3 fully saturated rings. The summed E-state index contributed by atoms with van der Waals surface area (Å²) in [7, 11) is 0. The Kier molecular flexibility index (Phi) is 6.12. The van der Waals surface area contributed by atoms with Crippen LogP contribution in [0.4, 0.5) is 5.69 Å². The molecule has 2 N–H and O–H groups in total. The predicted molar refractivity (Wildman–Crippen MR) is 143 cm³/mol. The molecule has 1 saturated carbocycles. The number of fused-ring (bicyclic) bond motifs is 4. The van der Waals surface area contributed by atoms with E-state index < -0.39 is 41.0 Å². The van der Waals surface area contributed by atoms with Crippen LogP contribution < -0.4 is 4.90 Å². The molecule has 2 aromatic rings. The van der Waals surface area contributed by atoms with Crippen LogP contribution in [0.3, 0.4) is 0 Å². The number of allylic oxidation sites excluding steroid dienone is 2. The van der Waals surface area contributed by atoms with Gasteiger partial charge in [0.2, 0.25) is 23.6 Å². The van der Waals surface area contributed by atoms with Gasteiger partial charge in [-0.05, 0) is 61.9 Å². The number of aliphatic carboxylic acids is 1. The summed E-state index contributed by atoms with van der Waals surface area (Å²) in [5.41, 5.74) is 0.983. The summed E-state index contributed by atoms with van der Waals surface area (Å²) in [5.74, 6) is -5.11. The molecule has 6 atom stereocenters. The Labute approximate surface area is 231 Å². The molecule has 206 valence electrons. The highest BCUT2D eigenvalue weighted by Crippen LogP contribution is 2.63. The fourth-order valence-corrected chi connectivity index (χ4v) is 7.56. The summed E-state index contributed by atoms with van der Waals surface area (Å²) in [6.45, 7) is 1.86. The number of nitrogens with zero attached hydrogens (tertiary/aromatic N) is 2. The maximum absolute atomic E-state index is 14.2. The van der Waals surface area contributed by atoms with Crippen molar-refractivity contribution in [1.29, 1.82) is 0 Å². The Balaban J connectivity index is 1.43. The lowest BCUT2D eigenvalue weighted by Crippen LogP contribution is -2.48. The van der Waals surface area contributed by atoms with E-state index in [-0.39, 0.29) is 55.2 Å².